The Kier molecular flexibility index (Phi) is 2.49. The van der Waals surface area contributed by atoms with Gasteiger partial charge in [-0.2, -0.15) is 0 Å². The van der Waals surface area contributed by atoms with Crippen LogP contribution in [-0.4, -0.2) is 9.55 Å². The van der Waals surface area contributed by atoms with Crippen molar-refractivity contribution in [1.82, 2.24) is 9.55 Å². The molecule has 1 heterocycles. The minimum atomic E-state index is 0.0661. The maximum absolute atomic E-state index is 5.80. The van der Waals surface area contributed by atoms with E-state index in [4.69, 9.17) is 11.6 Å². The van der Waals surface area contributed by atoms with Crippen LogP contribution in [0.25, 0.3) is 0 Å². The van der Waals surface area contributed by atoms with Crippen LogP contribution in [0.4, 0.5) is 0 Å². The topological polar surface area (TPSA) is 17.8 Å². The predicted molar refractivity (Wildman–Crippen MR) is 55.0 cm³/mol. The summed E-state index contributed by atoms with van der Waals surface area (Å²) in [7, 11) is 0. The first-order valence-corrected chi connectivity index (χ1v) is 4.77. The van der Waals surface area contributed by atoms with Gasteiger partial charge >= 0.3 is 0 Å². The molecule has 4 heteroatoms. The lowest BCUT2D eigenvalue weighted by Crippen LogP contribution is -2.21. The third kappa shape index (κ3) is 1.87. The first-order chi connectivity index (χ1) is 4.93. The fourth-order valence-corrected chi connectivity index (χ4v) is 1.90. The fraction of sp³-hybridized carbons (Fsp3) is 0.571. The zero-order chi connectivity index (χ0) is 8.65. The van der Waals surface area contributed by atoms with Crippen molar-refractivity contribution in [3.63, 3.8) is 0 Å². The quantitative estimate of drug-likeness (QED) is 0.670. The van der Waals surface area contributed by atoms with E-state index in [1.165, 1.54) is 0 Å². The third-order valence-electron chi connectivity index (χ3n) is 1.39. The normalized spacial score (nSPS) is 12.1. The largest absolute Gasteiger partial charge is 0.319 e. The molecule has 0 amide bonds. The highest BCUT2D eigenvalue weighted by atomic mass is 127. The Balaban J connectivity index is 3.15. The van der Waals surface area contributed by atoms with Gasteiger partial charge in [0, 0.05) is 5.54 Å². The molecule has 1 rings (SSSR count). The average Bonchev–Trinajstić information content (AvgIpc) is 2.11. The van der Waals surface area contributed by atoms with Crippen molar-refractivity contribution in [2.75, 3.05) is 0 Å². The van der Waals surface area contributed by atoms with Gasteiger partial charge in [-0.15, -0.1) is 0 Å². The number of aromatic nitrogens is 2. The molecule has 0 aliphatic carbocycles. The van der Waals surface area contributed by atoms with Crippen molar-refractivity contribution < 1.29 is 0 Å². The predicted octanol–water partition coefficient (Wildman–Crippen LogP) is 2.90. The Morgan fingerprint density at radius 3 is 2.27 bits per heavy atom. The lowest BCUT2D eigenvalue weighted by molar-refractivity contribution is 0.389. The lowest BCUT2D eigenvalue weighted by Gasteiger charge is -2.21. The van der Waals surface area contributed by atoms with Crippen molar-refractivity contribution in [1.29, 1.82) is 0 Å². The molecule has 0 radical (unpaired) electrons. The molecule has 1 aromatic rings. The Labute approximate surface area is 85.1 Å². The van der Waals surface area contributed by atoms with E-state index in [1.807, 2.05) is 0 Å². The van der Waals surface area contributed by atoms with Crippen LogP contribution in [0.2, 0.25) is 5.15 Å². The standard InChI is InChI=1S/C7H10ClIN2/c1-7(2,3)11-4-10-5(8)6(11)9/h4H,1-3H3. The molecular formula is C7H10ClIN2. The fourth-order valence-electron chi connectivity index (χ4n) is 0.779. The maximum atomic E-state index is 5.80. The van der Waals surface area contributed by atoms with E-state index in [0.29, 0.717) is 5.15 Å². The second-order valence-electron chi connectivity index (χ2n) is 3.37. The van der Waals surface area contributed by atoms with Gasteiger partial charge in [-0.05, 0) is 43.4 Å². The molecule has 2 nitrogen and oxygen atoms in total. The molecule has 0 bridgehead atoms. The smallest absolute Gasteiger partial charge is 0.160 e. The van der Waals surface area contributed by atoms with Gasteiger partial charge in [0.1, 0.15) is 3.70 Å². The van der Waals surface area contributed by atoms with Crippen molar-refractivity contribution in [3.05, 3.63) is 15.2 Å². The molecular weight excluding hydrogens is 274 g/mol. The Bertz CT molecular complexity index is 262. The SMILES string of the molecule is CC(C)(C)n1cnc(Cl)c1I. The Morgan fingerprint density at radius 2 is 2.09 bits per heavy atom. The summed E-state index contributed by atoms with van der Waals surface area (Å²) in [5.41, 5.74) is 0.0661. The van der Waals surface area contributed by atoms with Crippen LogP contribution in [0.5, 0.6) is 0 Å². The Hall–Kier alpha value is 0.230. The van der Waals surface area contributed by atoms with Gasteiger partial charge in [-0.3, -0.25) is 0 Å². The average molecular weight is 285 g/mol. The second kappa shape index (κ2) is 2.94. The van der Waals surface area contributed by atoms with Crippen LogP contribution in [-0.2, 0) is 5.54 Å². The number of hydrogen-bond acceptors (Lipinski definition) is 1. The van der Waals surface area contributed by atoms with Crippen molar-refractivity contribution >= 4 is 34.2 Å². The number of halogens is 2. The Morgan fingerprint density at radius 1 is 1.55 bits per heavy atom. The van der Waals surface area contributed by atoms with E-state index in [1.54, 1.807) is 6.33 Å². The van der Waals surface area contributed by atoms with E-state index < -0.39 is 0 Å². The van der Waals surface area contributed by atoms with Crippen LogP contribution >= 0.6 is 34.2 Å². The summed E-state index contributed by atoms with van der Waals surface area (Å²) in [6.07, 6.45) is 1.77. The maximum Gasteiger partial charge on any atom is 0.160 e. The van der Waals surface area contributed by atoms with Gasteiger partial charge in [0.05, 0.1) is 6.33 Å². The van der Waals surface area contributed by atoms with Crippen molar-refractivity contribution in [2.45, 2.75) is 26.3 Å². The van der Waals surface area contributed by atoms with Crippen molar-refractivity contribution in [2.24, 2.45) is 0 Å². The van der Waals surface area contributed by atoms with Gasteiger partial charge in [0.25, 0.3) is 0 Å². The molecule has 0 aliphatic rings. The monoisotopic (exact) mass is 284 g/mol. The van der Waals surface area contributed by atoms with Gasteiger partial charge < -0.3 is 4.57 Å². The molecule has 11 heavy (non-hydrogen) atoms. The van der Waals surface area contributed by atoms with E-state index >= 15 is 0 Å². The molecule has 1 aromatic heterocycles. The second-order valence-corrected chi connectivity index (χ2v) is 4.75. The molecule has 0 saturated heterocycles. The summed E-state index contributed by atoms with van der Waals surface area (Å²) >= 11 is 7.99. The number of nitrogens with zero attached hydrogens (tertiary/aromatic N) is 2. The van der Waals surface area contributed by atoms with E-state index in [0.717, 1.165) is 3.70 Å². The van der Waals surface area contributed by atoms with Crippen LogP contribution in [0, 0.1) is 3.70 Å². The van der Waals surface area contributed by atoms with Gasteiger partial charge in [0.15, 0.2) is 5.15 Å². The summed E-state index contributed by atoms with van der Waals surface area (Å²) in [6, 6.07) is 0. The summed E-state index contributed by atoms with van der Waals surface area (Å²) in [5, 5.41) is 0.584. The zero-order valence-corrected chi connectivity index (χ0v) is 9.64. The highest BCUT2D eigenvalue weighted by Gasteiger charge is 2.17. The third-order valence-corrected chi connectivity index (χ3v) is 3.02. The van der Waals surface area contributed by atoms with Gasteiger partial charge in [-0.1, -0.05) is 11.6 Å². The minimum absolute atomic E-state index is 0.0661. The van der Waals surface area contributed by atoms with Gasteiger partial charge in [0.2, 0.25) is 0 Å². The molecule has 0 N–H and O–H groups in total. The molecule has 0 aliphatic heterocycles. The number of imidazole rings is 1. The summed E-state index contributed by atoms with van der Waals surface area (Å²) in [4.78, 5) is 4.00. The first kappa shape index (κ1) is 9.32. The van der Waals surface area contributed by atoms with E-state index in [2.05, 4.69) is 52.9 Å². The number of rotatable bonds is 0. The first-order valence-electron chi connectivity index (χ1n) is 3.32. The zero-order valence-electron chi connectivity index (χ0n) is 6.73. The van der Waals surface area contributed by atoms with E-state index in [9.17, 15) is 0 Å². The van der Waals surface area contributed by atoms with E-state index in [-0.39, 0.29) is 5.54 Å². The summed E-state index contributed by atoms with van der Waals surface area (Å²) < 4.78 is 3.05. The molecule has 0 spiro atoms. The number of hydrogen-bond donors (Lipinski definition) is 0. The lowest BCUT2D eigenvalue weighted by atomic mass is 10.1. The molecule has 0 saturated carbocycles. The molecule has 0 atom stereocenters. The highest BCUT2D eigenvalue weighted by Crippen LogP contribution is 2.23. The van der Waals surface area contributed by atoms with Crippen LogP contribution in [0.3, 0.4) is 0 Å². The van der Waals surface area contributed by atoms with Crippen LogP contribution in [0.15, 0.2) is 6.33 Å². The van der Waals surface area contributed by atoms with Gasteiger partial charge in [-0.25, -0.2) is 4.98 Å². The molecule has 62 valence electrons. The minimum Gasteiger partial charge on any atom is -0.319 e. The summed E-state index contributed by atoms with van der Waals surface area (Å²) in [6.45, 7) is 6.35. The molecule has 0 aromatic carbocycles. The summed E-state index contributed by atoms with van der Waals surface area (Å²) in [5.74, 6) is 0. The highest BCUT2D eigenvalue weighted by molar-refractivity contribution is 14.1. The van der Waals surface area contributed by atoms with Crippen LogP contribution in [0.1, 0.15) is 20.8 Å². The molecule has 0 fully saturated rings. The van der Waals surface area contributed by atoms with Crippen molar-refractivity contribution in [3.8, 4) is 0 Å². The molecule has 0 unspecified atom stereocenters. The van der Waals surface area contributed by atoms with Crippen LogP contribution < -0.4 is 0 Å².